The normalized spacial score (nSPS) is 10.8. The van der Waals surface area contributed by atoms with Gasteiger partial charge in [-0.05, 0) is 12.1 Å². The average Bonchev–Trinajstić information content (AvgIpc) is 3.28. The molecule has 7 nitrogen and oxygen atoms in total. The highest BCUT2D eigenvalue weighted by molar-refractivity contribution is 7.14. The molecule has 2 heterocycles. The number of para-hydroxylation sites is 1. The average molecular weight is 433 g/mol. The Labute approximate surface area is 182 Å². The van der Waals surface area contributed by atoms with Gasteiger partial charge >= 0.3 is 0 Å². The van der Waals surface area contributed by atoms with Crippen molar-refractivity contribution in [2.75, 3.05) is 18.1 Å². The number of aromatic nitrogens is 3. The highest BCUT2D eigenvalue weighted by Gasteiger charge is 2.19. The quantitative estimate of drug-likeness (QED) is 0.428. The van der Waals surface area contributed by atoms with Crippen molar-refractivity contribution in [3.8, 4) is 11.3 Å². The number of carbonyl (C=O) groups excluding carboxylic acids is 1. The Bertz CT molecular complexity index is 1270. The summed E-state index contributed by atoms with van der Waals surface area (Å²) in [5, 5.41) is 3.00. The summed E-state index contributed by atoms with van der Waals surface area (Å²) in [5.74, 6) is 0.115. The third-order valence-corrected chi connectivity index (χ3v) is 5.40. The van der Waals surface area contributed by atoms with E-state index in [4.69, 9.17) is 4.74 Å². The highest BCUT2D eigenvalue weighted by atomic mass is 32.1. The first-order valence-electron chi connectivity index (χ1n) is 9.63. The van der Waals surface area contributed by atoms with Crippen molar-refractivity contribution in [3.05, 3.63) is 88.8 Å². The molecule has 0 aliphatic rings. The Hall–Kier alpha value is -3.62. The number of rotatable bonds is 8. The van der Waals surface area contributed by atoms with E-state index in [1.807, 2.05) is 41.8 Å². The summed E-state index contributed by atoms with van der Waals surface area (Å²) in [5.41, 5.74) is 2.14. The van der Waals surface area contributed by atoms with Gasteiger partial charge in [0.05, 0.1) is 16.6 Å². The zero-order valence-corrected chi connectivity index (χ0v) is 17.5. The zero-order valence-electron chi connectivity index (χ0n) is 16.7. The van der Waals surface area contributed by atoms with E-state index in [0.717, 1.165) is 11.3 Å². The maximum Gasteiger partial charge on any atom is 0.258 e. The molecule has 0 fully saturated rings. The Balaban J connectivity index is 1.43. The van der Waals surface area contributed by atoms with Crippen LogP contribution in [0.4, 0.5) is 5.13 Å². The van der Waals surface area contributed by atoms with E-state index in [2.05, 4.69) is 21.5 Å². The van der Waals surface area contributed by atoms with Crippen LogP contribution < -0.4 is 10.5 Å². The van der Waals surface area contributed by atoms with Gasteiger partial charge in [0.25, 0.3) is 11.5 Å². The maximum atomic E-state index is 12.8. The molecular weight excluding hydrogens is 412 g/mol. The first-order valence-corrected chi connectivity index (χ1v) is 10.5. The molecular formula is C23H20N4O3S. The lowest BCUT2D eigenvalue weighted by Gasteiger charge is -2.18. The van der Waals surface area contributed by atoms with E-state index in [1.54, 1.807) is 24.3 Å². The van der Waals surface area contributed by atoms with Crippen molar-refractivity contribution in [2.45, 2.75) is 6.61 Å². The van der Waals surface area contributed by atoms with Crippen LogP contribution in [0.15, 0.2) is 77.4 Å². The minimum Gasteiger partial charge on any atom is -0.364 e. The summed E-state index contributed by atoms with van der Waals surface area (Å²) in [6, 6.07) is 16.8. The lowest BCUT2D eigenvalue weighted by atomic mass is 10.2. The molecule has 8 heteroatoms. The van der Waals surface area contributed by atoms with Crippen LogP contribution in [0.2, 0.25) is 0 Å². The molecule has 1 N–H and O–H groups in total. The van der Waals surface area contributed by atoms with Gasteiger partial charge < -0.3 is 9.72 Å². The van der Waals surface area contributed by atoms with E-state index in [9.17, 15) is 9.59 Å². The smallest absolute Gasteiger partial charge is 0.258 e. The Morgan fingerprint density at radius 1 is 1.13 bits per heavy atom. The molecule has 2 aromatic carbocycles. The number of carbonyl (C=O) groups is 1. The minimum atomic E-state index is -0.253. The fraction of sp³-hybridized carbons (Fsp3) is 0.130. The molecule has 0 saturated carbocycles. The van der Waals surface area contributed by atoms with Gasteiger partial charge in [-0.2, -0.15) is 0 Å². The number of ether oxygens (including phenoxy) is 1. The second kappa shape index (κ2) is 9.46. The zero-order chi connectivity index (χ0) is 21.6. The molecule has 1 amide bonds. The number of aromatic amines is 1. The van der Waals surface area contributed by atoms with Gasteiger partial charge in [-0.3, -0.25) is 14.5 Å². The van der Waals surface area contributed by atoms with E-state index in [0.29, 0.717) is 28.4 Å². The number of fused-ring (bicyclic) bond motifs is 1. The molecule has 0 unspecified atom stereocenters. The molecule has 0 saturated heterocycles. The third-order valence-electron chi connectivity index (χ3n) is 4.53. The van der Waals surface area contributed by atoms with Gasteiger partial charge in [-0.1, -0.05) is 48.5 Å². The van der Waals surface area contributed by atoms with Crippen molar-refractivity contribution >= 4 is 33.3 Å². The summed E-state index contributed by atoms with van der Waals surface area (Å²) in [6.07, 6.45) is 1.64. The second-order valence-electron chi connectivity index (χ2n) is 6.70. The van der Waals surface area contributed by atoms with Crippen LogP contribution in [0.5, 0.6) is 0 Å². The summed E-state index contributed by atoms with van der Waals surface area (Å²) in [4.78, 5) is 38.1. The van der Waals surface area contributed by atoms with Gasteiger partial charge in [-0.25, -0.2) is 9.97 Å². The number of anilines is 1. The summed E-state index contributed by atoms with van der Waals surface area (Å²) >= 11 is 1.38. The molecule has 4 aromatic rings. The van der Waals surface area contributed by atoms with Crippen LogP contribution in [0.25, 0.3) is 22.2 Å². The lowest BCUT2D eigenvalue weighted by molar-refractivity contribution is -0.123. The Kier molecular flexibility index (Phi) is 6.30. The fourth-order valence-corrected chi connectivity index (χ4v) is 3.92. The standard InChI is InChI=1S/C23H20N4O3S/c1-2-12-27(23-25-19(15-31-23)16-8-4-3-5-9-16)21(28)14-30-13-20-24-18-11-7-6-10-17(18)22(29)26-20/h2-11,15H,1,12-14H2,(H,24,26,29). The molecule has 0 radical (unpaired) electrons. The van der Waals surface area contributed by atoms with Crippen molar-refractivity contribution in [1.82, 2.24) is 15.0 Å². The molecule has 0 bridgehead atoms. The predicted octanol–water partition coefficient (Wildman–Crippen LogP) is 3.78. The lowest BCUT2D eigenvalue weighted by Crippen LogP contribution is -2.34. The monoisotopic (exact) mass is 432 g/mol. The van der Waals surface area contributed by atoms with Crippen molar-refractivity contribution in [3.63, 3.8) is 0 Å². The number of benzene rings is 2. The summed E-state index contributed by atoms with van der Waals surface area (Å²) in [7, 11) is 0. The van der Waals surface area contributed by atoms with E-state index < -0.39 is 0 Å². The molecule has 156 valence electrons. The number of hydrogen-bond donors (Lipinski definition) is 1. The number of hydrogen-bond acceptors (Lipinski definition) is 6. The van der Waals surface area contributed by atoms with Crippen LogP contribution >= 0.6 is 11.3 Å². The fourth-order valence-electron chi connectivity index (χ4n) is 3.06. The van der Waals surface area contributed by atoms with E-state index in [-0.39, 0.29) is 24.7 Å². The van der Waals surface area contributed by atoms with Gasteiger partial charge in [-0.15, -0.1) is 17.9 Å². The first kappa shape index (κ1) is 20.6. The van der Waals surface area contributed by atoms with Crippen molar-refractivity contribution in [1.29, 1.82) is 0 Å². The van der Waals surface area contributed by atoms with Crippen LogP contribution in [-0.4, -0.2) is 34.0 Å². The topological polar surface area (TPSA) is 88.2 Å². The largest absolute Gasteiger partial charge is 0.364 e. The van der Waals surface area contributed by atoms with E-state index in [1.165, 1.54) is 16.2 Å². The SMILES string of the molecule is C=CCN(C(=O)COCc1nc2ccccc2c(=O)[nH]1)c1nc(-c2ccccc2)cs1. The number of nitrogens with zero attached hydrogens (tertiary/aromatic N) is 3. The number of nitrogens with one attached hydrogen (secondary N) is 1. The molecule has 31 heavy (non-hydrogen) atoms. The molecule has 2 aromatic heterocycles. The first-order chi connectivity index (χ1) is 15.2. The van der Waals surface area contributed by atoms with Gasteiger partial charge in [0.1, 0.15) is 19.0 Å². The van der Waals surface area contributed by atoms with Crippen LogP contribution in [0.1, 0.15) is 5.82 Å². The minimum absolute atomic E-state index is 0.0148. The molecule has 0 aliphatic heterocycles. The Morgan fingerprint density at radius 3 is 2.71 bits per heavy atom. The highest BCUT2D eigenvalue weighted by Crippen LogP contribution is 2.27. The molecule has 0 aliphatic carbocycles. The third kappa shape index (κ3) is 4.76. The van der Waals surface area contributed by atoms with E-state index >= 15 is 0 Å². The van der Waals surface area contributed by atoms with Gasteiger partial charge in [0, 0.05) is 17.5 Å². The van der Waals surface area contributed by atoms with Gasteiger partial charge in [0.2, 0.25) is 0 Å². The summed E-state index contributed by atoms with van der Waals surface area (Å²) < 4.78 is 5.54. The van der Waals surface area contributed by atoms with Crippen LogP contribution in [0.3, 0.4) is 0 Å². The van der Waals surface area contributed by atoms with Gasteiger partial charge in [0.15, 0.2) is 5.13 Å². The maximum absolute atomic E-state index is 12.8. The molecule has 4 rings (SSSR count). The van der Waals surface area contributed by atoms with Crippen LogP contribution in [-0.2, 0) is 16.1 Å². The second-order valence-corrected chi connectivity index (χ2v) is 7.53. The Morgan fingerprint density at radius 2 is 1.90 bits per heavy atom. The predicted molar refractivity (Wildman–Crippen MR) is 122 cm³/mol. The number of thiazole rings is 1. The van der Waals surface area contributed by atoms with Crippen molar-refractivity contribution < 1.29 is 9.53 Å². The van der Waals surface area contributed by atoms with Crippen molar-refractivity contribution in [2.24, 2.45) is 0 Å². The van der Waals surface area contributed by atoms with Crippen LogP contribution in [0, 0.1) is 0 Å². The molecule has 0 atom stereocenters. The molecule has 0 spiro atoms. The number of amides is 1. The summed E-state index contributed by atoms with van der Waals surface area (Å²) in [6.45, 7) is 3.89. The number of H-pyrrole nitrogens is 1.